The molecule has 0 aromatic rings. The number of allylic oxidation sites excluding steroid dienone is 10. The number of rotatable bonds is 29. The Kier molecular flexibility index (Phi) is 27.5. The Hall–Kier alpha value is -2.97. The van der Waals surface area contributed by atoms with Crippen molar-refractivity contribution in [2.45, 2.75) is 122 Å². The van der Waals surface area contributed by atoms with Gasteiger partial charge in [0.2, 0.25) is 0 Å². The standard InChI is InChI=1S/C38H63NO7/c1-6-8-10-12-14-15-16-17-18-19-20-21-23-24-26-28-36(40)45-33-34(32-44-31-30-35(38(42)43)39(3,4)5)46-37(41)29-27-25-22-13-11-9-7-2/h8-12,14-16,22,25,34-35H,6-7,13,17-21,23-24,26-33H2,1-5H3/b10-8+,11-9+,14-12+,16-15+,25-22+. The second-order valence-electron chi connectivity index (χ2n) is 12.4. The quantitative estimate of drug-likeness (QED) is 0.0285. The average Bonchev–Trinajstić information content (AvgIpc) is 3.00. The molecular formula is C38H63NO7. The molecule has 0 bridgehead atoms. The fraction of sp³-hybridized carbons (Fsp3) is 0.658. The van der Waals surface area contributed by atoms with Gasteiger partial charge < -0.3 is 28.6 Å². The summed E-state index contributed by atoms with van der Waals surface area (Å²) in [6.45, 7) is 4.26. The summed E-state index contributed by atoms with van der Waals surface area (Å²) in [5, 5.41) is 11.5. The van der Waals surface area contributed by atoms with Gasteiger partial charge in [-0.3, -0.25) is 9.59 Å². The van der Waals surface area contributed by atoms with Crippen molar-refractivity contribution in [1.82, 2.24) is 0 Å². The first-order valence-electron chi connectivity index (χ1n) is 17.3. The van der Waals surface area contributed by atoms with E-state index in [1.54, 1.807) is 21.1 Å². The van der Waals surface area contributed by atoms with Crippen LogP contribution in [0, 0.1) is 0 Å². The molecule has 0 saturated carbocycles. The van der Waals surface area contributed by atoms with Crippen LogP contribution in [0.5, 0.6) is 0 Å². The summed E-state index contributed by atoms with van der Waals surface area (Å²) in [4.78, 5) is 36.4. The van der Waals surface area contributed by atoms with Crippen LogP contribution < -0.4 is 5.11 Å². The zero-order chi connectivity index (χ0) is 34.3. The predicted octanol–water partition coefficient (Wildman–Crippen LogP) is 6.96. The Morgan fingerprint density at radius 2 is 1.30 bits per heavy atom. The molecule has 0 rings (SSSR count). The summed E-state index contributed by atoms with van der Waals surface area (Å²) >= 11 is 0. The van der Waals surface area contributed by atoms with E-state index in [9.17, 15) is 19.5 Å². The molecule has 0 aliphatic rings. The normalized spacial score (nSPS) is 13.8. The molecular weight excluding hydrogens is 582 g/mol. The van der Waals surface area contributed by atoms with E-state index in [4.69, 9.17) is 14.2 Å². The minimum atomic E-state index is -1.14. The van der Waals surface area contributed by atoms with Crippen LogP contribution in [0.15, 0.2) is 60.8 Å². The zero-order valence-corrected chi connectivity index (χ0v) is 29.5. The third-order valence-corrected chi connectivity index (χ3v) is 7.22. The Morgan fingerprint density at radius 1 is 0.674 bits per heavy atom. The van der Waals surface area contributed by atoms with E-state index < -0.39 is 24.1 Å². The number of carboxylic acids is 1. The Morgan fingerprint density at radius 3 is 1.96 bits per heavy atom. The van der Waals surface area contributed by atoms with Crippen molar-refractivity contribution in [3.05, 3.63) is 60.8 Å². The van der Waals surface area contributed by atoms with Crippen LogP contribution >= 0.6 is 0 Å². The van der Waals surface area contributed by atoms with Crippen molar-refractivity contribution < 1.29 is 38.2 Å². The van der Waals surface area contributed by atoms with Crippen molar-refractivity contribution in [1.29, 1.82) is 0 Å². The highest BCUT2D eigenvalue weighted by Gasteiger charge is 2.25. The first-order chi connectivity index (χ1) is 22.1. The summed E-state index contributed by atoms with van der Waals surface area (Å²) < 4.78 is 16.9. The molecule has 0 aliphatic carbocycles. The number of carbonyl (C=O) groups excluding carboxylic acids is 3. The van der Waals surface area contributed by atoms with E-state index in [2.05, 4.69) is 62.5 Å². The van der Waals surface area contributed by atoms with E-state index in [1.807, 2.05) is 12.2 Å². The van der Waals surface area contributed by atoms with Crippen LogP contribution in [0.1, 0.15) is 110 Å². The minimum Gasteiger partial charge on any atom is -0.544 e. The van der Waals surface area contributed by atoms with Gasteiger partial charge in [0, 0.05) is 19.3 Å². The van der Waals surface area contributed by atoms with E-state index in [0.717, 1.165) is 51.4 Å². The van der Waals surface area contributed by atoms with Crippen LogP contribution in [0.4, 0.5) is 0 Å². The number of carbonyl (C=O) groups is 3. The summed E-state index contributed by atoms with van der Waals surface area (Å²) in [6.07, 6.45) is 32.9. The smallest absolute Gasteiger partial charge is 0.306 e. The molecule has 0 saturated heterocycles. The van der Waals surface area contributed by atoms with Gasteiger partial charge in [-0.1, -0.05) is 107 Å². The maximum atomic E-state index is 12.5. The lowest BCUT2D eigenvalue weighted by Crippen LogP contribution is -2.55. The summed E-state index contributed by atoms with van der Waals surface area (Å²) in [6, 6.07) is -0.736. The lowest BCUT2D eigenvalue weighted by atomic mass is 10.1. The maximum absolute atomic E-state index is 12.5. The highest BCUT2D eigenvalue weighted by Crippen LogP contribution is 2.12. The largest absolute Gasteiger partial charge is 0.544 e. The van der Waals surface area contributed by atoms with E-state index in [0.29, 0.717) is 12.8 Å². The fourth-order valence-electron chi connectivity index (χ4n) is 4.54. The van der Waals surface area contributed by atoms with Gasteiger partial charge in [-0.15, -0.1) is 0 Å². The number of esters is 2. The van der Waals surface area contributed by atoms with Crippen molar-refractivity contribution >= 4 is 17.9 Å². The number of carboxylic acid groups (broad SMARTS) is 1. The van der Waals surface area contributed by atoms with Crippen molar-refractivity contribution in [2.75, 3.05) is 41.0 Å². The lowest BCUT2D eigenvalue weighted by Gasteiger charge is -2.34. The molecule has 2 unspecified atom stereocenters. The van der Waals surface area contributed by atoms with Crippen molar-refractivity contribution in [3.8, 4) is 0 Å². The second-order valence-corrected chi connectivity index (χ2v) is 12.4. The zero-order valence-electron chi connectivity index (χ0n) is 29.5. The van der Waals surface area contributed by atoms with Crippen LogP contribution in [0.2, 0.25) is 0 Å². The molecule has 262 valence electrons. The number of quaternary nitrogens is 1. The Balaban J connectivity index is 4.44. The molecule has 0 fully saturated rings. The van der Waals surface area contributed by atoms with Gasteiger partial charge in [0.15, 0.2) is 6.10 Å². The molecule has 0 aromatic heterocycles. The van der Waals surface area contributed by atoms with Crippen molar-refractivity contribution in [2.24, 2.45) is 0 Å². The number of nitrogens with zero attached hydrogens (tertiary/aromatic N) is 1. The van der Waals surface area contributed by atoms with Gasteiger partial charge in [0.25, 0.3) is 0 Å². The number of ether oxygens (including phenoxy) is 3. The van der Waals surface area contributed by atoms with Gasteiger partial charge in [-0.25, -0.2) is 0 Å². The van der Waals surface area contributed by atoms with Gasteiger partial charge in [0.05, 0.1) is 40.3 Å². The number of unbranched alkanes of at least 4 members (excludes halogenated alkanes) is 7. The highest BCUT2D eigenvalue weighted by atomic mass is 16.6. The predicted molar refractivity (Wildman–Crippen MR) is 185 cm³/mol. The average molecular weight is 646 g/mol. The topological polar surface area (TPSA) is 102 Å². The van der Waals surface area contributed by atoms with Crippen molar-refractivity contribution in [3.63, 3.8) is 0 Å². The molecule has 2 atom stereocenters. The fourth-order valence-corrected chi connectivity index (χ4v) is 4.54. The van der Waals surface area contributed by atoms with Crippen LogP contribution in [-0.2, 0) is 28.6 Å². The second kappa shape index (κ2) is 29.4. The number of hydrogen-bond donors (Lipinski definition) is 0. The summed E-state index contributed by atoms with van der Waals surface area (Å²) in [7, 11) is 5.35. The third-order valence-electron chi connectivity index (χ3n) is 7.22. The van der Waals surface area contributed by atoms with Gasteiger partial charge >= 0.3 is 11.9 Å². The molecule has 8 nitrogen and oxygen atoms in total. The summed E-state index contributed by atoms with van der Waals surface area (Å²) in [5.41, 5.74) is 0. The van der Waals surface area contributed by atoms with Gasteiger partial charge in [0.1, 0.15) is 12.6 Å². The highest BCUT2D eigenvalue weighted by molar-refractivity contribution is 5.70. The molecule has 0 aromatic carbocycles. The molecule has 8 heteroatoms. The van der Waals surface area contributed by atoms with Crippen LogP contribution in [0.3, 0.4) is 0 Å². The third kappa shape index (κ3) is 27.3. The SMILES string of the molecule is CC/C=C/C=C/C=C/CCCCCCCCCC(=O)OCC(COCCC(C(=O)[O-])[N+](C)(C)C)OC(=O)CC/C=C/C/C=C/CC. The molecule has 0 radical (unpaired) electrons. The first-order valence-corrected chi connectivity index (χ1v) is 17.3. The number of likely N-dealkylation sites (N-methyl/N-ethyl adjacent to an activating group) is 1. The van der Waals surface area contributed by atoms with E-state index >= 15 is 0 Å². The van der Waals surface area contributed by atoms with Crippen LogP contribution in [0.25, 0.3) is 0 Å². The van der Waals surface area contributed by atoms with E-state index in [-0.39, 0.29) is 43.1 Å². The molecule has 0 N–H and O–H groups in total. The molecule has 0 spiro atoms. The van der Waals surface area contributed by atoms with E-state index in [1.165, 1.54) is 19.3 Å². The minimum absolute atomic E-state index is 0.0103. The first kappa shape index (κ1) is 43.0. The summed E-state index contributed by atoms with van der Waals surface area (Å²) in [5.74, 6) is -1.86. The maximum Gasteiger partial charge on any atom is 0.306 e. The number of hydrogen-bond acceptors (Lipinski definition) is 7. The Labute approximate surface area is 279 Å². The van der Waals surface area contributed by atoms with Gasteiger partial charge in [-0.2, -0.15) is 0 Å². The van der Waals surface area contributed by atoms with Gasteiger partial charge in [-0.05, 0) is 44.9 Å². The Bertz CT molecular complexity index is 943. The lowest BCUT2D eigenvalue weighted by molar-refractivity contribution is -0.889. The monoisotopic (exact) mass is 645 g/mol. The molecule has 0 heterocycles. The van der Waals surface area contributed by atoms with Crippen LogP contribution in [-0.4, -0.2) is 75.5 Å². The number of aliphatic carboxylic acids is 1. The molecule has 0 aliphatic heterocycles. The molecule has 46 heavy (non-hydrogen) atoms. The molecule has 0 amide bonds.